The third-order valence-corrected chi connectivity index (χ3v) is 3.72. The van der Waals surface area contributed by atoms with Crippen LogP contribution in [0.4, 0.5) is 5.69 Å². The lowest BCUT2D eigenvalue weighted by molar-refractivity contribution is -0.115. The minimum absolute atomic E-state index is 0.180. The highest BCUT2D eigenvalue weighted by Crippen LogP contribution is 2.24. The molecule has 0 spiro atoms. The van der Waals surface area contributed by atoms with Crippen molar-refractivity contribution in [2.45, 2.75) is 17.3 Å². The summed E-state index contributed by atoms with van der Waals surface area (Å²) in [5, 5.41) is 10.8. The molecule has 0 saturated heterocycles. The highest BCUT2D eigenvalue weighted by atomic mass is 35.5. The van der Waals surface area contributed by atoms with Gasteiger partial charge in [0.05, 0.1) is 16.0 Å². The number of benzene rings is 1. The molecule has 2 rings (SSSR count). The summed E-state index contributed by atoms with van der Waals surface area (Å²) >= 11 is 7.19. The molecule has 2 aromatic rings. The molecular weight excluding hydrogens is 286 g/mol. The fourth-order valence-corrected chi connectivity index (χ4v) is 2.25. The average molecular weight is 298 g/mol. The molecule has 1 amide bonds. The molecular formula is C11H12ClN5OS. The first-order chi connectivity index (χ1) is 9.08. The van der Waals surface area contributed by atoms with Crippen LogP contribution in [0.1, 0.15) is 6.92 Å². The number of anilines is 1. The number of nitrogens with zero attached hydrogens (tertiary/aromatic N) is 3. The molecule has 0 saturated carbocycles. The van der Waals surface area contributed by atoms with Gasteiger partial charge in [-0.2, -0.15) is 0 Å². The number of amides is 1. The van der Waals surface area contributed by atoms with E-state index in [0.29, 0.717) is 15.9 Å². The van der Waals surface area contributed by atoms with Crippen molar-refractivity contribution in [3.63, 3.8) is 0 Å². The number of thioether (sulfide) groups is 1. The third-order valence-electron chi connectivity index (χ3n) is 2.32. The van der Waals surface area contributed by atoms with Gasteiger partial charge in [-0.25, -0.2) is 4.68 Å². The van der Waals surface area contributed by atoms with Crippen molar-refractivity contribution < 1.29 is 4.79 Å². The number of carbonyl (C=O) groups is 1. The van der Waals surface area contributed by atoms with Crippen molar-refractivity contribution in [3.8, 4) is 0 Å². The molecule has 1 heterocycles. The molecule has 100 valence electrons. The monoisotopic (exact) mass is 297 g/mol. The molecule has 1 atom stereocenters. The summed E-state index contributed by atoms with van der Waals surface area (Å²) < 4.78 is 1.27. The lowest BCUT2D eigenvalue weighted by Gasteiger charge is -2.11. The van der Waals surface area contributed by atoms with Gasteiger partial charge in [0.2, 0.25) is 11.1 Å². The Morgan fingerprint density at radius 1 is 1.53 bits per heavy atom. The van der Waals surface area contributed by atoms with Gasteiger partial charge in [-0.3, -0.25) is 4.79 Å². The van der Waals surface area contributed by atoms with E-state index in [2.05, 4.69) is 15.5 Å². The lowest BCUT2D eigenvalue weighted by atomic mass is 10.3. The van der Waals surface area contributed by atoms with Crippen LogP contribution >= 0.6 is 23.4 Å². The van der Waals surface area contributed by atoms with Gasteiger partial charge in [0.1, 0.15) is 6.33 Å². The highest BCUT2D eigenvalue weighted by Gasteiger charge is 2.18. The summed E-state index contributed by atoms with van der Waals surface area (Å²) in [5.41, 5.74) is 0.579. The predicted molar refractivity (Wildman–Crippen MR) is 75.6 cm³/mol. The SMILES string of the molecule is C[C@H](Sc1nncn1N)C(=O)Nc1ccccc1Cl. The number of hydrogen-bond acceptors (Lipinski definition) is 5. The molecule has 0 aliphatic heterocycles. The van der Waals surface area contributed by atoms with Gasteiger partial charge in [0, 0.05) is 0 Å². The zero-order valence-electron chi connectivity index (χ0n) is 10.1. The Morgan fingerprint density at radius 2 is 2.26 bits per heavy atom. The van der Waals surface area contributed by atoms with E-state index < -0.39 is 0 Å². The normalized spacial score (nSPS) is 12.1. The van der Waals surface area contributed by atoms with Crippen LogP contribution in [0.2, 0.25) is 5.02 Å². The zero-order chi connectivity index (χ0) is 13.8. The van der Waals surface area contributed by atoms with E-state index in [1.54, 1.807) is 31.2 Å². The van der Waals surface area contributed by atoms with E-state index in [4.69, 9.17) is 17.4 Å². The van der Waals surface area contributed by atoms with Crippen LogP contribution in [0.5, 0.6) is 0 Å². The lowest BCUT2D eigenvalue weighted by Crippen LogP contribution is -2.23. The standard InChI is InChI=1S/C11H12ClN5OS/c1-7(19-11-16-14-6-17(11)13)10(18)15-9-5-3-2-4-8(9)12/h2-7H,13H2,1H3,(H,15,18)/t7-/m0/s1. The van der Waals surface area contributed by atoms with Gasteiger partial charge in [0.15, 0.2) is 0 Å². The van der Waals surface area contributed by atoms with Crippen molar-refractivity contribution in [2.24, 2.45) is 0 Å². The van der Waals surface area contributed by atoms with E-state index in [9.17, 15) is 4.79 Å². The highest BCUT2D eigenvalue weighted by molar-refractivity contribution is 8.00. The number of rotatable bonds is 4. The zero-order valence-corrected chi connectivity index (χ0v) is 11.6. The maximum absolute atomic E-state index is 12.0. The van der Waals surface area contributed by atoms with Crippen LogP contribution in [-0.2, 0) is 4.79 Å². The van der Waals surface area contributed by atoms with Gasteiger partial charge in [-0.15, -0.1) is 10.2 Å². The molecule has 3 N–H and O–H groups in total. The fourth-order valence-electron chi connectivity index (χ4n) is 1.32. The van der Waals surface area contributed by atoms with Crippen LogP contribution in [0.15, 0.2) is 35.7 Å². The Hall–Kier alpha value is -1.73. The second-order valence-corrected chi connectivity index (χ2v) is 5.47. The quantitative estimate of drug-likeness (QED) is 0.663. The number of hydrogen-bond donors (Lipinski definition) is 2. The van der Waals surface area contributed by atoms with Gasteiger partial charge in [0.25, 0.3) is 0 Å². The second-order valence-electron chi connectivity index (χ2n) is 3.75. The van der Waals surface area contributed by atoms with Crippen LogP contribution in [0.25, 0.3) is 0 Å². The number of aromatic nitrogens is 3. The maximum Gasteiger partial charge on any atom is 0.237 e. The van der Waals surface area contributed by atoms with Crippen LogP contribution in [0.3, 0.4) is 0 Å². The largest absolute Gasteiger partial charge is 0.336 e. The third kappa shape index (κ3) is 3.39. The molecule has 1 aromatic heterocycles. The summed E-state index contributed by atoms with van der Waals surface area (Å²) in [6.07, 6.45) is 1.38. The molecule has 0 unspecified atom stereocenters. The summed E-state index contributed by atoms with van der Waals surface area (Å²) in [4.78, 5) is 12.0. The van der Waals surface area contributed by atoms with E-state index in [1.165, 1.54) is 22.8 Å². The fraction of sp³-hybridized carbons (Fsp3) is 0.182. The Kier molecular flexibility index (Phi) is 4.28. The van der Waals surface area contributed by atoms with E-state index in [1.807, 2.05) is 0 Å². The van der Waals surface area contributed by atoms with Crippen molar-refractivity contribution in [1.29, 1.82) is 0 Å². The molecule has 8 heteroatoms. The smallest absolute Gasteiger partial charge is 0.237 e. The van der Waals surface area contributed by atoms with Crippen LogP contribution in [-0.4, -0.2) is 26.0 Å². The molecule has 1 aromatic carbocycles. The predicted octanol–water partition coefficient (Wildman–Crippen LogP) is 1.76. The first kappa shape index (κ1) is 13.7. The van der Waals surface area contributed by atoms with Gasteiger partial charge >= 0.3 is 0 Å². The van der Waals surface area contributed by atoms with Crippen molar-refractivity contribution in [1.82, 2.24) is 14.9 Å². The topological polar surface area (TPSA) is 85.8 Å². The molecule has 19 heavy (non-hydrogen) atoms. The Bertz CT molecular complexity index is 588. The molecule has 0 aliphatic carbocycles. The Morgan fingerprint density at radius 3 is 2.89 bits per heavy atom. The Balaban J connectivity index is 2.00. The number of nitrogen functional groups attached to an aromatic ring is 1. The minimum atomic E-state index is -0.372. The molecule has 0 bridgehead atoms. The number of halogens is 1. The average Bonchev–Trinajstić information content (AvgIpc) is 2.78. The number of para-hydroxylation sites is 1. The van der Waals surface area contributed by atoms with Crippen LogP contribution in [0, 0.1) is 0 Å². The van der Waals surface area contributed by atoms with Gasteiger partial charge < -0.3 is 11.2 Å². The van der Waals surface area contributed by atoms with Crippen molar-refractivity contribution in [2.75, 3.05) is 11.2 Å². The van der Waals surface area contributed by atoms with Crippen molar-refractivity contribution >= 4 is 35.0 Å². The number of nitrogens with two attached hydrogens (primary N) is 1. The maximum atomic E-state index is 12.0. The molecule has 6 nitrogen and oxygen atoms in total. The summed E-state index contributed by atoms with van der Waals surface area (Å²) in [6, 6.07) is 7.05. The number of carbonyl (C=O) groups excluding carboxylic acids is 1. The minimum Gasteiger partial charge on any atom is -0.336 e. The Labute approximate surface area is 119 Å². The first-order valence-corrected chi connectivity index (χ1v) is 6.71. The van der Waals surface area contributed by atoms with E-state index >= 15 is 0 Å². The summed E-state index contributed by atoms with van der Waals surface area (Å²) in [5.74, 6) is 5.40. The van der Waals surface area contributed by atoms with Crippen LogP contribution < -0.4 is 11.2 Å². The molecule has 0 aliphatic rings. The number of nitrogens with one attached hydrogen (secondary N) is 1. The second kappa shape index (κ2) is 5.94. The van der Waals surface area contributed by atoms with Gasteiger partial charge in [-0.1, -0.05) is 35.5 Å². The molecule has 0 radical (unpaired) electrons. The van der Waals surface area contributed by atoms with Gasteiger partial charge in [-0.05, 0) is 19.1 Å². The molecule has 0 fully saturated rings. The van der Waals surface area contributed by atoms with E-state index in [0.717, 1.165) is 0 Å². The van der Waals surface area contributed by atoms with Crippen molar-refractivity contribution in [3.05, 3.63) is 35.6 Å². The summed E-state index contributed by atoms with van der Waals surface area (Å²) in [6.45, 7) is 1.76. The summed E-state index contributed by atoms with van der Waals surface area (Å²) in [7, 11) is 0. The first-order valence-electron chi connectivity index (χ1n) is 5.45. The van der Waals surface area contributed by atoms with E-state index in [-0.39, 0.29) is 11.2 Å².